The van der Waals surface area contributed by atoms with E-state index in [-0.39, 0.29) is 0 Å². The number of nitrogens with one attached hydrogen (secondary N) is 2. The second-order valence-electron chi connectivity index (χ2n) is 6.02. The lowest BCUT2D eigenvalue weighted by atomic mass is 10.1. The lowest BCUT2D eigenvalue weighted by Crippen LogP contribution is -2.39. The van der Waals surface area contributed by atoms with Gasteiger partial charge in [0, 0.05) is 25.7 Å². The third-order valence-electron chi connectivity index (χ3n) is 4.28. The molecule has 5 heteroatoms. The predicted molar refractivity (Wildman–Crippen MR) is 103 cm³/mol. The number of hydrogen-bond donors (Lipinski definition) is 2. The zero-order valence-electron chi connectivity index (χ0n) is 15.9. The largest absolute Gasteiger partial charge is 0.497 e. The van der Waals surface area contributed by atoms with E-state index < -0.39 is 0 Å². The molecule has 0 fully saturated rings. The second-order valence-corrected chi connectivity index (χ2v) is 6.02. The Morgan fingerprint density at radius 1 is 1.21 bits per heavy atom. The first-order chi connectivity index (χ1) is 11.6. The summed E-state index contributed by atoms with van der Waals surface area (Å²) >= 11 is 0. The molecule has 1 unspecified atom stereocenters. The molecular formula is C19H34N4O. The molecule has 0 saturated carbocycles. The number of nitrogens with zero attached hydrogens (tertiary/aromatic N) is 2. The first-order valence-electron chi connectivity index (χ1n) is 8.96. The fourth-order valence-corrected chi connectivity index (χ4v) is 2.31. The van der Waals surface area contributed by atoms with E-state index in [0.717, 1.165) is 44.3 Å². The van der Waals surface area contributed by atoms with Crippen LogP contribution in [0.25, 0.3) is 0 Å². The van der Waals surface area contributed by atoms with Crippen molar-refractivity contribution < 1.29 is 4.74 Å². The number of hydrogen-bond acceptors (Lipinski definition) is 3. The number of likely N-dealkylation sites (N-methyl/N-ethyl adjacent to an activating group) is 1. The standard InChI is InChI=1S/C19H34N4O/c1-6-16(3)23(4)15-14-22-19(20-7-2)21-13-12-17-8-10-18(24-5)11-9-17/h8-11,16H,6-7,12-15H2,1-5H3,(H2,20,21,22). The molecule has 0 aliphatic rings. The summed E-state index contributed by atoms with van der Waals surface area (Å²) < 4.78 is 5.18. The fourth-order valence-electron chi connectivity index (χ4n) is 2.31. The molecular weight excluding hydrogens is 300 g/mol. The van der Waals surface area contributed by atoms with Gasteiger partial charge >= 0.3 is 0 Å². The molecule has 1 aromatic carbocycles. The highest BCUT2D eigenvalue weighted by Gasteiger charge is 2.05. The van der Waals surface area contributed by atoms with Crippen molar-refractivity contribution in [2.45, 2.75) is 39.7 Å². The van der Waals surface area contributed by atoms with Gasteiger partial charge in [-0.25, -0.2) is 0 Å². The smallest absolute Gasteiger partial charge is 0.191 e. The molecule has 2 N–H and O–H groups in total. The van der Waals surface area contributed by atoms with Gasteiger partial charge in [0.2, 0.25) is 0 Å². The summed E-state index contributed by atoms with van der Waals surface area (Å²) in [5.41, 5.74) is 1.29. The van der Waals surface area contributed by atoms with Gasteiger partial charge in [0.05, 0.1) is 13.7 Å². The molecule has 0 saturated heterocycles. The van der Waals surface area contributed by atoms with Crippen molar-refractivity contribution in [3.8, 4) is 5.75 Å². The van der Waals surface area contributed by atoms with Gasteiger partial charge in [0.15, 0.2) is 5.96 Å². The number of methoxy groups -OCH3 is 1. The minimum atomic E-state index is 0.603. The number of benzene rings is 1. The summed E-state index contributed by atoms with van der Waals surface area (Å²) in [7, 11) is 3.85. The third-order valence-corrected chi connectivity index (χ3v) is 4.28. The fraction of sp³-hybridized carbons (Fsp3) is 0.632. The van der Waals surface area contributed by atoms with Crippen molar-refractivity contribution in [1.29, 1.82) is 0 Å². The predicted octanol–water partition coefficient (Wildman–Crippen LogP) is 2.52. The van der Waals surface area contributed by atoms with Crippen LogP contribution in [0.15, 0.2) is 29.3 Å². The Balaban J connectivity index is 2.39. The van der Waals surface area contributed by atoms with Gasteiger partial charge in [-0.1, -0.05) is 19.1 Å². The van der Waals surface area contributed by atoms with Crippen LogP contribution in [0, 0.1) is 0 Å². The highest BCUT2D eigenvalue weighted by atomic mass is 16.5. The number of rotatable bonds is 10. The molecule has 0 spiro atoms. The van der Waals surface area contributed by atoms with E-state index >= 15 is 0 Å². The number of ether oxygens (including phenoxy) is 1. The molecule has 24 heavy (non-hydrogen) atoms. The molecule has 0 bridgehead atoms. The van der Waals surface area contributed by atoms with Crippen LogP contribution < -0.4 is 15.4 Å². The maximum atomic E-state index is 5.18. The van der Waals surface area contributed by atoms with Crippen LogP contribution >= 0.6 is 0 Å². The topological polar surface area (TPSA) is 48.9 Å². The van der Waals surface area contributed by atoms with Crippen molar-refractivity contribution in [3.05, 3.63) is 29.8 Å². The number of aliphatic imine (C=N–C) groups is 1. The molecule has 0 radical (unpaired) electrons. The Bertz CT molecular complexity index is 473. The molecule has 0 heterocycles. The van der Waals surface area contributed by atoms with Crippen LogP contribution in [-0.2, 0) is 6.42 Å². The Hall–Kier alpha value is -1.75. The van der Waals surface area contributed by atoms with Gasteiger partial charge in [-0.3, -0.25) is 4.99 Å². The van der Waals surface area contributed by atoms with E-state index in [2.05, 4.69) is 60.5 Å². The van der Waals surface area contributed by atoms with E-state index in [9.17, 15) is 0 Å². The van der Waals surface area contributed by atoms with Crippen LogP contribution in [0.1, 0.15) is 32.8 Å². The average Bonchev–Trinajstić information content (AvgIpc) is 2.61. The molecule has 0 aromatic heterocycles. The van der Waals surface area contributed by atoms with Crippen LogP contribution in [0.4, 0.5) is 0 Å². The summed E-state index contributed by atoms with van der Waals surface area (Å²) in [5.74, 6) is 1.79. The SMILES string of the molecule is CCNC(=NCCN(C)C(C)CC)NCCc1ccc(OC)cc1. The van der Waals surface area contributed by atoms with E-state index in [4.69, 9.17) is 4.74 Å². The second kappa shape index (κ2) is 11.7. The zero-order chi connectivity index (χ0) is 17.8. The third kappa shape index (κ3) is 7.68. The summed E-state index contributed by atoms with van der Waals surface area (Å²) in [5, 5.41) is 6.71. The highest BCUT2D eigenvalue weighted by Crippen LogP contribution is 2.11. The van der Waals surface area contributed by atoms with Gasteiger partial charge in [-0.2, -0.15) is 0 Å². The summed E-state index contributed by atoms with van der Waals surface area (Å²) in [6, 6.07) is 8.81. The van der Waals surface area contributed by atoms with Crippen LogP contribution in [0.5, 0.6) is 5.75 Å². The maximum absolute atomic E-state index is 5.18. The summed E-state index contributed by atoms with van der Waals surface area (Å²) in [6.07, 6.45) is 2.13. The summed E-state index contributed by atoms with van der Waals surface area (Å²) in [4.78, 5) is 7.01. The van der Waals surface area contributed by atoms with Crippen molar-refractivity contribution in [1.82, 2.24) is 15.5 Å². The summed E-state index contributed by atoms with van der Waals surface area (Å²) in [6.45, 7) is 10.1. The quantitative estimate of drug-likeness (QED) is 0.510. The van der Waals surface area contributed by atoms with Gasteiger partial charge < -0.3 is 20.3 Å². The molecule has 1 rings (SSSR count). The first kappa shape index (κ1) is 20.3. The van der Waals surface area contributed by atoms with Crippen LogP contribution in [-0.4, -0.2) is 57.2 Å². The first-order valence-corrected chi connectivity index (χ1v) is 8.96. The molecule has 1 atom stereocenters. The van der Waals surface area contributed by atoms with E-state index in [1.807, 2.05) is 12.1 Å². The lowest BCUT2D eigenvalue weighted by Gasteiger charge is -2.22. The minimum Gasteiger partial charge on any atom is -0.497 e. The minimum absolute atomic E-state index is 0.603. The Labute approximate surface area is 147 Å². The molecule has 0 aliphatic heterocycles. The number of guanidine groups is 1. The van der Waals surface area contributed by atoms with Gasteiger partial charge in [-0.15, -0.1) is 0 Å². The lowest BCUT2D eigenvalue weighted by molar-refractivity contribution is 0.259. The van der Waals surface area contributed by atoms with Crippen LogP contribution in [0.3, 0.4) is 0 Å². The Morgan fingerprint density at radius 2 is 1.92 bits per heavy atom. The van der Waals surface area contributed by atoms with E-state index in [0.29, 0.717) is 6.04 Å². The monoisotopic (exact) mass is 334 g/mol. The normalized spacial score (nSPS) is 13.0. The molecule has 0 amide bonds. The maximum Gasteiger partial charge on any atom is 0.191 e. The van der Waals surface area contributed by atoms with Crippen molar-refractivity contribution in [3.63, 3.8) is 0 Å². The highest BCUT2D eigenvalue weighted by molar-refractivity contribution is 5.79. The Kier molecular flexibility index (Phi) is 9.92. The molecule has 1 aromatic rings. The van der Waals surface area contributed by atoms with Crippen molar-refractivity contribution in [2.24, 2.45) is 4.99 Å². The molecule has 5 nitrogen and oxygen atoms in total. The van der Waals surface area contributed by atoms with Crippen LogP contribution in [0.2, 0.25) is 0 Å². The molecule has 136 valence electrons. The zero-order valence-corrected chi connectivity index (χ0v) is 15.9. The molecule has 0 aliphatic carbocycles. The van der Waals surface area contributed by atoms with Gasteiger partial charge in [0.25, 0.3) is 0 Å². The Morgan fingerprint density at radius 3 is 2.50 bits per heavy atom. The van der Waals surface area contributed by atoms with E-state index in [1.54, 1.807) is 7.11 Å². The van der Waals surface area contributed by atoms with Crippen molar-refractivity contribution >= 4 is 5.96 Å². The van der Waals surface area contributed by atoms with Gasteiger partial charge in [-0.05, 0) is 51.4 Å². The van der Waals surface area contributed by atoms with Gasteiger partial charge in [0.1, 0.15) is 5.75 Å². The van der Waals surface area contributed by atoms with Crippen molar-refractivity contribution in [2.75, 3.05) is 40.3 Å². The van der Waals surface area contributed by atoms with E-state index in [1.165, 1.54) is 12.0 Å². The average molecular weight is 335 g/mol.